The maximum atomic E-state index is 13.2. The standard InChI is InChI=1S/C19H18F4N2O5S.C7H16N2O/c1-18(2,19(21,22)23)30-17(26)24-13-5-8-16-15(11-13)25(9-10-29-16)31(27,28)14-6-3-12(20)4-7-14;1-7(2,9(4)5)6(10)8-3/h3-8,11H,9-10H2,1-2H3,(H,24,26);1-5H3,(H,8,10). The number of alkyl halides is 3. The number of halogens is 4. The molecule has 0 saturated carbocycles. The topological polar surface area (TPSA) is 117 Å². The minimum Gasteiger partial charge on any atom is -0.489 e. The Bertz CT molecular complexity index is 1350. The smallest absolute Gasteiger partial charge is 0.427 e. The Morgan fingerprint density at radius 2 is 1.61 bits per heavy atom. The fourth-order valence-electron chi connectivity index (χ4n) is 3.20. The highest BCUT2D eigenvalue weighted by molar-refractivity contribution is 7.92. The van der Waals surface area contributed by atoms with Gasteiger partial charge >= 0.3 is 12.3 Å². The van der Waals surface area contributed by atoms with Crippen LogP contribution in [-0.2, 0) is 19.6 Å². The number of carbonyl (C=O) groups excluding carboxylic acids is 2. The molecule has 0 radical (unpaired) electrons. The van der Waals surface area contributed by atoms with Gasteiger partial charge in [-0.1, -0.05) is 0 Å². The van der Waals surface area contributed by atoms with Crippen molar-refractivity contribution >= 4 is 33.4 Å². The summed E-state index contributed by atoms with van der Waals surface area (Å²) in [5.41, 5.74) is -3.09. The molecule has 1 aliphatic rings. The third-order valence-corrected chi connectivity index (χ3v) is 8.19. The van der Waals surface area contributed by atoms with Gasteiger partial charge in [-0.3, -0.25) is 19.3 Å². The van der Waals surface area contributed by atoms with Crippen molar-refractivity contribution in [2.24, 2.45) is 0 Å². The normalized spacial score (nSPS) is 13.8. The molecular weight excluding hydrogens is 572 g/mol. The second-order valence-electron chi connectivity index (χ2n) is 10.1. The lowest BCUT2D eigenvalue weighted by atomic mass is 10.0. The Morgan fingerprint density at radius 3 is 2.10 bits per heavy atom. The summed E-state index contributed by atoms with van der Waals surface area (Å²) in [7, 11) is 1.32. The summed E-state index contributed by atoms with van der Waals surface area (Å²) >= 11 is 0. The molecule has 2 aromatic rings. The van der Waals surface area contributed by atoms with Crippen LogP contribution in [-0.4, -0.2) is 76.9 Å². The van der Waals surface area contributed by atoms with Crippen LogP contribution < -0.4 is 19.7 Å². The van der Waals surface area contributed by atoms with E-state index in [0.29, 0.717) is 13.8 Å². The van der Waals surface area contributed by atoms with Gasteiger partial charge in [-0.25, -0.2) is 17.6 Å². The highest BCUT2D eigenvalue weighted by atomic mass is 32.2. The van der Waals surface area contributed by atoms with Crippen molar-refractivity contribution in [2.75, 3.05) is 43.9 Å². The van der Waals surface area contributed by atoms with Crippen molar-refractivity contribution in [3.8, 4) is 5.75 Å². The van der Waals surface area contributed by atoms with Gasteiger partial charge in [-0.05, 0) is 84.3 Å². The van der Waals surface area contributed by atoms with Gasteiger partial charge < -0.3 is 14.8 Å². The highest BCUT2D eigenvalue weighted by Gasteiger charge is 2.51. The zero-order valence-electron chi connectivity index (χ0n) is 23.7. The maximum absolute atomic E-state index is 13.2. The Labute approximate surface area is 236 Å². The van der Waals surface area contributed by atoms with Gasteiger partial charge in [0.25, 0.3) is 10.0 Å². The number of hydrogen-bond donors (Lipinski definition) is 2. The van der Waals surface area contributed by atoms with Gasteiger partial charge in [-0.15, -0.1) is 0 Å². The van der Waals surface area contributed by atoms with Crippen LogP contribution in [0.25, 0.3) is 0 Å². The van der Waals surface area contributed by atoms with E-state index in [9.17, 15) is 35.6 Å². The largest absolute Gasteiger partial charge is 0.489 e. The zero-order valence-corrected chi connectivity index (χ0v) is 24.5. The molecule has 0 fully saturated rings. The van der Waals surface area contributed by atoms with E-state index in [1.807, 2.05) is 32.8 Å². The molecule has 41 heavy (non-hydrogen) atoms. The molecule has 0 saturated heterocycles. The summed E-state index contributed by atoms with van der Waals surface area (Å²) < 4.78 is 88.8. The quantitative estimate of drug-likeness (QED) is 0.469. The number of benzene rings is 2. The Morgan fingerprint density at radius 1 is 1.02 bits per heavy atom. The lowest BCUT2D eigenvalue weighted by Gasteiger charge is -2.31. The Hall–Kier alpha value is -3.59. The molecule has 0 atom stereocenters. The predicted octanol–water partition coefficient (Wildman–Crippen LogP) is 4.38. The number of amides is 2. The first-order valence-corrected chi connectivity index (χ1v) is 13.7. The highest BCUT2D eigenvalue weighted by Crippen LogP contribution is 2.38. The maximum Gasteiger partial charge on any atom is 0.427 e. The second-order valence-corrected chi connectivity index (χ2v) is 12.0. The Balaban J connectivity index is 0.000000503. The number of nitrogens with zero attached hydrogens (tertiary/aromatic N) is 2. The lowest BCUT2D eigenvalue weighted by Crippen LogP contribution is -2.50. The fraction of sp³-hybridized carbons (Fsp3) is 0.462. The summed E-state index contributed by atoms with van der Waals surface area (Å²) in [4.78, 5) is 24.8. The molecule has 0 aromatic heterocycles. The van der Waals surface area contributed by atoms with Crippen molar-refractivity contribution in [3.05, 3.63) is 48.3 Å². The number of sulfonamides is 1. The SMILES string of the molecule is CC(C)(OC(=O)Nc1ccc2c(c1)N(S(=O)(=O)c1ccc(F)cc1)CCO2)C(F)(F)F.CNC(=O)C(C)(C)N(C)C. The van der Waals surface area contributed by atoms with Crippen LogP contribution in [0.4, 0.5) is 33.7 Å². The number of anilines is 2. The predicted molar refractivity (Wildman–Crippen MR) is 145 cm³/mol. The van der Waals surface area contributed by atoms with Crippen LogP contribution in [0.3, 0.4) is 0 Å². The first-order chi connectivity index (χ1) is 18.7. The van der Waals surface area contributed by atoms with E-state index in [1.165, 1.54) is 18.2 Å². The van der Waals surface area contributed by atoms with E-state index in [2.05, 4.69) is 15.4 Å². The van der Waals surface area contributed by atoms with Crippen molar-refractivity contribution in [1.82, 2.24) is 10.2 Å². The first-order valence-electron chi connectivity index (χ1n) is 12.3. The van der Waals surface area contributed by atoms with Gasteiger partial charge in [0.2, 0.25) is 11.5 Å². The van der Waals surface area contributed by atoms with Crippen LogP contribution >= 0.6 is 0 Å². The third-order valence-electron chi connectivity index (χ3n) is 6.36. The van der Waals surface area contributed by atoms with Gasteiger partial charge in [0, 0.05) is 12.7 Å². The second kappa shape index (κ2) is 12.5. The number of hydrogen-bond acceptors (Lipinski definition) is 7. The minimum absolute atomic E-state index is 0.00784. The van der Waals surface area contributed by atoms with E-state index in [4.69, 9.17) is 4.74 Å². The molecule has 0 spiro atoms. The monoisotopic (exact) mass is 606 g/mol. The molecule has 10 nitrogen and oxygen atoms in total. The van der Waals surface area contributed by atoms with E-state index < -0.39 is 39.3 Å². The summed E-state index contributed by atoms with van der Waals surface area (Å²) in [6.45, 7) is 5.13. The number of nitrogens with one attached hydrogen (secondary N) is 2. The van der Waals surface area contributed by atoms with Gasteiger partial charge in [-0.2, -0.15) is 13.2 Å². The van der Waals surface area contributed by atoms with E-state index in [0.717, 1.165) is 28.6 Å². The fourth-order valence-corrected chi connectivity index (χ4v) is 4.65. The van der Waals surface area contributed by atoms with Gasteiger partial charge in [0.15, 0.2) is 0 Å². The van der Waals surface area contributed by atoms with Gasteiger partial charge in [0.1, 0.15) is 18.2 Å². The van der Waals surface area contributed by atoms with Crippen LogP contribution in [0.5, 0.6) is 5.75 Å². The van der Waals surface area contributed by atoms with Crippen LogP contribution in [0.15, 0.2) is 47.4 Å². The number of ether oxygens (including phenoxy) is 2. The molecule has 1 heterocycles. The molecule has 2 N–H and O–H groups in total. The lowest BCUT2D eigenvalue weighted by molar-refractivity contribution is -0.242. The molecular formula is C26H34F4N4O6S. The van der Waals surface area contributed by atoms with Crippen LogP contribution in [0.1, 0.15) is 27.7 Å². The average Bonchev–Trinajstić information content (AvgIpc) is 2.87. The molecule has 0 aliphatic carbocycles. The number of likely N-dealkylation sites (N-methyl/N-ethyl adjacent to an activating group) is 2. The molecule has 0 bridgehead atoms. The molecule has 228 valence electrons. The summed E-state index contributed by atoms with van der Waals surface area (Å²) in [5.74, 6) is -0.378. The molecule has 2 amide bonds. The van der Waals surface area contributed by atoms with E-state index in [1.54, 1.807) is 7.05 Å². The van der Waals surface area contributed by atoms with Crippen molar-refractivity contribution in [2.45, 2.75) is 49.9 Å². The summed E-state index contributed by atoms with van der Waals surface area (Å²) in [6.07, 6.45) is -6.15. The number of rotatable bonds is 6. The molecule has 1 aliphatic heterocycles. The molecule has 15 heteroatoms. The molecule has 3 rings (SSSR count). The van der Waals surface area contributed by atoms with E-state index >= 15 is 0 Å². The first kappa shape index (κ1) is 33.6. The minimum atomic E-state index is -4.78. The molecule has 2 aromatic carbocycles. The Kier molecular flexibility index (Phi) is 10.3. The average molecular weight is 607 g/mol. The van der Waals surface area contributed by atoms with Crippen molar-refractivity contribution < 1.29 is 45.0 Å². The van der Waals surface area contributed by atoms with Gasteiger partial charge in [0.05, 0.1) is 22.7 Å². The molecule has 0 unspecified atom stereocenters. The van der Waals surface area contributed by atoms with Crippen LogP contribution in [0.2, 0.25) is 0 Å². The van der Waals surface area contributed by atoms with Crippen molar-refractivity contribution in [1.29, 1.82) is 0 Å². The number of fused-ring (bicyclic) bond motifs is 1. The summed E-state index contributed by atoms with van der Waals surface area (Å²) in [6, 6.07) is 8.16. The zero-order chi connectivity index (χ0) is 31.4. The van der Waals surface area contributed by atoms with Crippen molar-refractivity contribution in [3.63, 3.8) is 0 Å². The summed E-state index contributed by atoms with van der Waals surface area (Å²) in [5, 5.41) is 4.76. The number of carbonyl (C=O) groups is 2. The third kappa shape index (κ3) is 8.00. The van der Waals surface area contributed by atoms with E-state index in [-0.39, 0.29) is 41.1 Å². The van der Waals surface area contributed by atoms with Crippen LogP contribution in [0, 0.1) is 5.82 Å².